The van der Waals surface area contributed by atoms with Crippen LogP contribution in [0.3, 0.4) is 0 Å². The second-order valence-electron chi connectivity index (χ2n) is 7.37. The highest BCUT2D eigenvalue weighted by Gasteiger charge is 2.68. The van der Waals surface area contributed by atoms with E-state index in [0.29, 0.717) is 0 Å². The van der Waals surface area contributed by atoms with Crippen molar-refractivity contribution in [1.29, 1.82) is 0 Å². The molecule has 8 heteroatoms. The summed E-state index contributed by atoms with van der Waals surface area (Å²) in [4.78, 5) is 41.6. The first-order valence-corrected chi connectivity index (χ1v) is 10.3. The van der Waals surface area contributed by atoms with Crippen molar-refractivity contribution >= 4 is 29.1 Å². The molecule has 0 radical (unpaired) electrons. The van der Waals surface area contributed by atoms with Gasteiger partial charge in [0.15, 0.2) is 0 Å². The second-order valence-corrected chi connectivity index (χ2v) is 8.35. The molecule has 2 fully saturated rings. The van der Waals surface area contributed by atoms with Gasteiger partial charge in [0.1, 0.15) is 11.3 Å². The second kappa shape index (κ2) is 7.27. The number of esters is 1. The third-order valence-electron chi connectivity index (χ3n) is 5.88. The SMILES string of the molecule is CCN1C(=O)C2C(c3cccs3)NC(Cc3ccc(O)cc3)(C(=O)OC)C2C1=O. The van der Waals surface area contributed by atoms with Gasteiger partial charge in [0.2, 0.25) is 11.8 Å². The number of carbonyl (C=O) groups is 3. The van der Waals surface area contributed by atoms with Gasteiger partial charge in [0.25, 0.3) is 0 Å². The average molecular weight is 414 g/mol. The lowest BCUT2D eigenvalue weighted by Gasteiger charge is -2.32. The highest BCUT2D eigenvalue weighted by molar-refractivity contribution is 7.10. The van der Waals surface area contributed by atoms with E-state index in [1.807, 2.05) is 17.5 Å². The molecule has 152 valence electrons. The number of likely N-dealkylation sites (tertiary alicyclic amines) is 1. The summed E-state index contributed by atoms with van der Waals surface area (Å²) in [6, 6.07) is 9.80. The van der Waals surface area contributed by atoms with Crippen LogP contribution in [0.25, 0.3) is 0 Å². The van der Waals surface area contributed by atoms with Crippen molar-refractivity contribution in [2.45, 2.75) is 24.9 Å². The molecule has 2 aliphatic heterocycles. The Balaban J connectivity index is 1.84. The first kappa shape index (κ1) is 19.6. The van der Waals surface area contributed by atoms with Gasteiger partial charge in [-0.15, -0.1) is 11.3 Å². The zero-order chi connectivity index (χ0) is 20.8. The largest absolute Gasteiger partial charge is 0.508 e. The van der Waals surface area contributed by atoms with E-state index in [-0.39, 0.29) is 30.5 Å². The molecule has 0 saturated carbocycles. The number of imide groups is 1. The number of carbonyl (C=O) groups excluding carboxylic acids is 3. The number of ether oxygens (including phenoxy) is 1. The molecule has 0 bridgehead atoms. The molecule has 2 amide bonds. The van der Waals surface area contributed by atoms with Gasteiger partial charge in [0, 0.05) is 17.8 Å². The number of rotatable bonds is 5. The molecule has 1 aromatic heterocycles. The van der Waals surface area contributed by atoms with Gasteiger partial charge in [-0.25, -0.2) is 0 Å². The highest BCUT2D eigenvalue weighted by Crippen LogP contribution is 2.51. The lowest BCUT2D eigenvalue weighted by molar-refractivity contribution is -0.154. The summed E-state index contributed by atoms with van der Waals surface area (Å²) >= 11 is 1.48. The van der Waals surface area contributed by atoms with E-state index in [2.05, 4.69) is 5.32 Å². The molecule has 2 saturated heterocycles. The number of nitrogens with zero attached hydrogens (tertiary/aromatic N) is 1. The standard InChI is InChI=1S/C21H22N2O5S/c1-3-23-18(25)15-16(19(23)26)21(20(27)28-2,11-12-6-8-13(24)9-7-12)22-17(15)14-5-4-10-29-14/h4-10,15-17,22,24H,3,11H2,1-2H3. The zero-order valence-electron chi connectivity index (χ0n) is 16.1. The third-order valence-corrected chi connectivity index (χ3v) is 6.84. The van der Waals surface area contributed by atoms with Crippen LogP contribution in [-0.2, 0) is 25.5 Å². The van der Waals surface area contributed by atoms with Crippen molar-refractivity contribution < 1.29 is 24.2 Å². The van der Waals surface area contributed by atoms with Crippen LogP contribution in [0.4, 0.5) is 0 Å². The van der Waals surface area contributed by atoms with Crippen molar-refractivity contribution in [2.24, 2.45) is 11.8 Å². The minimum Gasteiger partial charge on any atom is -0.508 e. The number of hydrogen-bond donors (Lipinski definition) is 2. The summed E-state index contributed by atoms with van der Waals surface area (Å²) in [7, 11) is 1.29. The maximum atomic E-state index is 13.2. The molecule has 0 aliphatic carbocycles. The Morgan fingerprint density at radius 1 is 1.24 bits per heavy atom. The first-order chi connectivity index (χ1) is 13.9. The summed E-state index contributed by atoms with van der Waals surface area (Å²) in [5, 5.41) is 14.8. The topological polar surface area (TPSA) is 95.9 Å². The molecule has 29 heavy (non-hydrogen) atoms. The minimum absolute atomic E-state index is 0.110. The van der Waals surface area contributed by atoms with Crippen LogP contribution >= 0.6 is 11.3 Å². The first-order valence-electron chi connectivity index (χ1n) is 9.45. The van der Waals surface area contributed by atoms with Gasteiger partial charge in [-0.1, -0.05) is 18.2 Å². The van der Waals surface area contributed by atoms with Crippen LogP contribution < -0.4 is 5.32 Å². The fourth-order valence-electron chi connectivity index (χ4n) is 4.63. The number of aromatic hydroxyl groups is 1. The molecular formula is C21H22N2O5S. The van der Waals surface area contributed by atoms with Crippen molar-refractivity contribution in [2.75, 3.05) is 13.7 Å². The van der Waals surface area contributed by atoms with Crippen LogP contribution in [0.5, 0.6) is 5.75 Å². The summed E-state index contributed by atoms with van der Waals surface area (Å²) < 4.78 is 5.13. The quantitative estimate of drug-likeness (QED) is 0.573. The number of benzene rings is 1. The molecular weight excluding hydrogens is 392 g/mol. The predicted molar refractivity (Wildman–Crippen MR) is 106 cm³/mol. The Labute approximate surface area is 172 Å². The smallest absolute Gasteiger partial charge is 0.327 e. The van der Waals surface area contributed by atoms with E-state index < -0.39 is 29.4 Å². The van der Waals surface area contributed by atoms with Crippen LogP contribution in [0.15, 0.2) is 41.8 Å². The van der Waals surface area contributed by atoms with Gasteiger partial charge in [0.05, 0.1) is 25.0 Å². The van der Waals surface area contributed by atoms with E-state index in [0.717, 1.165) is 10.4 Å². The van der Waals surface area contributed by atoms with Crippen molar-refractivity contribution in [3.63, 3.8) is 0 Å². The van der Waals surface area contributed by atoms with Gasteiger partial charge in [-0.2, -0.15) is 0 Å². The van der Waals surface area contributed by atoms with E-state index in [1.165, 1.54) is 35.5 Å². The maximum absolute atomic E-state index is 13.2. The molecule has 4 unspecified atom stereocenters. The number of methoxy groups -OCH3 is 1. The maximum Gasteiger partial charge on any atom is 0.327 e. The van der Waals surface area contributed by atoms with Crippen molar-refractivity contribution in [3.05, 3.63) is 52.2 Å². The Kier molecular flexibility index (Phi) is 4.92. The molecule has 2 aliphatic rings. The van der Waals surface area contributed by atoms with Crippen LogP contribution in [0.2, 0.25) is 0 Å². The van der Waals surface area contributed by atoms with E-state index in [4.69, 9.17) is 4.74 Å². The summed E-state index contributed by atoms with van der Waals surface area (Å²) in [5.41, 5.74) is -0.622. The molecule has 4 atom stereocenters. The van der Waals surface area contributed by atoms with E-state index in [9.17, 15) is 19.5 Å². The average Bonchev–Trinajstić information content (AvgIpc) is 3.41. The fraction of sp³-hybridized carbons (Fsp3) is 0.381. The Morgan fingerprint density at radius 3 is 2.55 bits per heavy atom. The number of nitrogens with one attached hydrogen (secondary N) is 1. The predicted octanol–water partition coefficient (Wildman–Crippen LogP) is 1.87. The number of thiophene rings is 1. The van der Waals surface area contributed by atoms with Gasteiger partial charge in [-0.05, 0) is 36.1 Å². The Morgan fingerprint density at radius 2 is 1.97 bits per heavy atom. The summed E-state index contributed by atoms with van der Waals surface area (Å²) in [6.45, 7) is 2.02. The fourth-order valence-corrected chi connectivity index (χ4v) is 5.45. The van der Waals surface area contributed by atoms with Crippen molar-refractivity contribution in [1.82, 2.24) is 10.2 Å². The molecule has 0 spiro atoms. The van der Waals surface area contributed by atoms with Gasteiger partial charge >= 0.3 is 5.97 Å². The summed E-state index contributed by atoms with van der Waals surface area (Å²) in [6.07, 6.45) is 0.166. The lowest BCUT2D eigenvalue weighted by atomic mass is 9.76. The number of hydrogen-bond acceptors (Lipinski definition) is 7. The number of amides is 2. The van der Waals surface area contributed by atoms with Crippen molar-refractivity contribution in [3.8, 4) is 5.75 Å². The molecule has 4 rings (SSSR count). The Bertz CT molecular complexity index is 942. The normalized spacial score (nSPS) is 28.6. The minimum atomic E-state index is -1.37. The van der Waals surface area contributed by atoms with Crippen LogP contribution in [-0.4, -0.2) is 47.0 Å². The third kappa shape index (κ3) is 2.94. The monoisotopic (exact) mass is 414 g/mol. The van der Waals surface area contributed by atoms with Gasteiger partial charge in [-0.3, -0.25) is 24.6 Å². The van der Waals surface area contributed by atoms with Gasteiger partial charge < -0.3 is 9.84 Å². The lowest BCUT2D eigenvalue weighted by Crippen LogP contribution is -2.57. The number of phenolic OH excluding ortho intramolecular Hbond substituents is 1. The highest BCUT2D eigenvalue weighted by atomic mass is 32.1. The summed E-state index contributed by atoms with van der Waals surface area (Å²) in [5.74, 6) is -2.60. The zero-order valence-corrected chi connectivity index (χ0v) is 16.9. The molecule has 2 aromatic rings. The molecule has 3 heterocycles. The molecule has 1 aromatic carbocycles. The number of phenols is 1. The van der Waals surface area contributed by atoms with Crippen LogP contribution in [0, 0.1) is 11.8 Å². The molecule has 2 N–H and O–H groups in total. The number of fused-ring (bicyclic) bond motifs is 1. The van der Waals surface area contributed by atoms with E-state index >= 15 is 0 Å². The van der Waals surface area contributed by atoms with E-state index in [1.54, 1.807) is 19.1 Å². The van der Waals surface area contributed by atoms with Crippen LogP contribution in [0.1, 0.15) is 23.4 Å². The Hall–Kier alpha value is -2.71. The molecule has 7 nitrogen and oxygen atoms in total.